The molecule has 4 aromatic heterocycles. The van der Waals surface area contributed by atoms with Crippen molar-refractivity contribution in [2.24, 2.45) is 0 Å². The number of unbranched alkanes of at least 4 members (excludes halogenated alkanes) is 12. The van der Waals surface area contributed by atoms with Crippen molar-refractivity contribution in [3.63, 3.8) is 0 Å². The Balaban J connectivity index is 0.768. The van der Waals surface area contributed by atoms with Crippen LogP contribution in [-0.4, -0.2) is 0 Å². The topological polar surface area (TPSA) is 0 Å². The van der Waals surface area contributed by atoms with Crippen LogP contribution in [0.2, 0.25) is 0 Å². The van der Waals surface area contributed by atoms with E-state index < -0.39 is 0 Å². The summed E-state index contributed by atoms with van der Waals surface area (Å²) in [5.41, 5.74) is 11.2. The molecule has 0 unspecified atom stereocenters. The quantitative estimate of drug-likeness (QED) is 0.0527. The molecule has 20 aromatic rings. The fraction of sp³-hybridized carbons (Fsp3) is 0.231. The van der Waals surface area contributed by atoms with Gasteiger partial charge in [-0.25, -0.2) is 0 Å². The maximum absolute atomic E-state index is 2.62. The van der Waals surface area contributed by atoms with E-state index in [2.05, 4.69) is 246 Å². The predicted octanol–water partition coefficient (Wildman–Crippen LogP) is 33.9. The highest BCUT2D eigenvalue weighted by atomic mass is 32.1. The van der Waals surface area contributed by atoms with E-state index in [-0.39, 0.29) is 0 Å². The third-order valence-corrected chi connectivity index (χ3v) is 29.8. The van der Waals surface area contributed by atoms with Gasteiger partial charge in [0.15, 0.2) is 0 Å². The maximum Gasteiger partial charge on any atom is 0.0355 e. The van der Waals surface area contributed by atoms with E-state index in [4.69, 9.17) is 0 Å². The number of hydrogen-bond donors (Lipinski definition) is 0. The largest absolute Gasteiger partial charge is 0.135 e. The van der Waals surface area contributed by atoms with Gasteiger partial charge in [-0.15, -0.1) is 45.3 Å². The van der Waals surface area contributed by atoms with Crippen LogP contribution < -0.4 is 0 Å². The van der Waals surface area contributed by atoms with Crippen LogP contribution in [0.5, 0.6) is 0 Å². The number of thiophene rings is 4. The highest BCUT2D eigenvalue weighted by molar-refractivity contribution is 7.23. The average Bonchev–Trinajstić information content (AvgIpc) is 1.72. The Hall–Kier alpha value is -9.52. The van der Waals surface area contributed by atoms with Gasteiger partial charge in [0.05, 0.1) is 0 Å². The Morgan fingerprint density at radius 2 is 0.343 bits per heavy atom. The molecule has 0 saturated heterocycles. The highest BCUT2D eigenvalue weighted by Gasteiger charge is 2.23. The van der Waals surface area contributed by atoms with Gasteiger partial charge >= 0.3 is 0 Å². The maximum atomic E-state index is 2.62. The summed E-state index contributed by atoms with van der Waals surface area (Å²) < 4.78 is 5.37. The minimum absolute atomic E-state index is 1.08. The molecule has 13 aliphatic carbocycles. The lowest BCUT2D eigenvalue weighted by Crippen LogP contribution is -1.95. The van der Waals surface area contributed by atoms with Crippen molar-refractivity contribution in [2.75, 3.05) is 0 Å². The average molecular weight is 1470 g/mol. The summed E-state index contributed by atoms with van der Waals surface area (Å²) in [6.45, 7) is 9.34. The van der Waals surface area contributed by atoms with Crippen molar-refractivity contribution in [2.45, 2.75) is 156 Å². The second-order valence-corrected chi connectivity index (χ2v) is 36.1. The summed E-state index contributed by atoms with van der Waals surface area (Å²) in [5, 5.41) is 38.1. The van der Waals surface area contributed by atoms with Gasteiger partial charge in [-0.1, -0.05) is 226 Å². The zero-order chi connectivity index (χ0) is 71.8. The Kier molecular flexibility index (Phi) is 16.8. The van der Waals surface area contributed by atoms with Gasteiger partial charge in [-0.2, -0.15) is 0 Å². The first kappa shape index (κ1) is 66.7. The van der Waals surface area contributed by atoms with E-state index in [0.717, 1.165) is 25.7 Å². The third kappa shape index (κ3) is 11.0. The monoisotopic (exact) mass is 1460 g/mol. The second-order valence-electron chi connectivity index (χ2n) is 31.8. The van der Waals surface area contributed by atoms with Crippen LogP contribution in [0, 0.1) is 0 Å². The molecule has 528 valence electrons. The van der Waals surface area contributed by atoms with E-state index in [1.54, 1.807) is 0 Å². The predicted molar refractivity (Wildman–Crippen MR) is 485 cm³/mol. The lowest BCUT2D eigenvalue weighted by atomic mass is 9.87. The molecule has 13 aliphatic rings. The molecule has 0 amide bonds. The van der Waals surface area contributed by atoms with Gasteiger partial charge in [-0.05, 0) is 322 Å². The molecular weight excluding hydrogens is 1380 g/mol. The van der Waals surface area contributed by atoms with Gasteiger partial charge in [0.25, 0.3) is 0 Å². The van der Waals surface area contributed by atoms with E-state index in [9.17, 15) is 0 Å². The molecule has 0 atom stereocenters. The molecule has 0 saturated carbocycles. The Bertz CT molecular complexity index is 6270. The van der Waals surface area contributed by atoms with E-state index >= 15 is 0 Å². The Labute approximate surface area is 648 Å². The smallest absolute Gasteiger partial charge is 0.0355 e. The summed E-state index contributed by atoms with van der Waals surface area (Å²) in [5.74, 6) is 0. The van der Waals surface area contributed by atoms with Crippen molar-refractivity contribution < 1.29 is 0 Å². The third-order valence-electron chi connectivity index (χ3n) is 25.2. The lowest BCUT2D eigenvalue weighted by Gasteiger charge is -2.17. The molecule has 0 N–H and O–H groups in total. The van der Waals surface area contributed by atoms with E-state index in [1.807, 2.05) is 45.3 Å². The second kappa shape index (κ2) is 27.2. The van der Waals surface area contributed by atoms with E-state index in [0.29, 0.717) is 0 Å². The molecule has 108 heavy (non-hydrogen) atoms. The summed E-state index contributed by atoms with van der Waals surface area (Å²) in [6.07, 6.45) is 24.1. The molecule has 4 heteroatoms. The van der Waals surface area contributed by atoms with Gasteiger partial charge < -0.3 is 0 Å². The van der Waals surface area contributed by atoms with Crippen molar-refractivity contribution in [3.05, 3.63) is 241 Å². The van der Waals surface area contributed by atoms with E-state index in [1.165, 1.54) is 336 Å². The Morgan fingerprint density at radius 3 is 0.556 bits per heavy atom. The van der Waals surface area contributed by atoms with Crippen LogP contribution in [0.1, 0.15) is 153 Å². The standard InChI is InChI=1S/C104H88S4/c1-5-9-13-17-21-61-49-89-82-30-26-66-54-86(82)62(22-18-14-10-6-2)50-90(89)81-29-25-65(53-85(61)81)101-57-93-77-37-33-70-69(73(77)41-45-97(93)105-101)34-38-79-74(70)43-47-99-95(79)59-103(107-99)67-27-31-83-87(55-67)63(23-19-15-11-7-3)51-92-84-32-28-68(56-88(84)64(52-91(83)92)24-20-16-12-8-4)104-60-96-80-40-36-71-72(76(80)44-48-100(96)108-104)35-39-78-75(71)42-46-98-94(78)58-102(66)106-98/h25-60H,5-24H2,1-4H3. The number of aryl methyl sites for hydroxylation is 4. The summed E-state index contributed by atoms with van der Waals surface area (Å²) >= 11 is 7.80. The van der Waals surface area contributed by atoms with Crippen LogP contribution in [-0.2, 0) is 25.7 Å². The molecule has 33 rings (SSSR count). The minimum Gasteiger partial charge on any atom is -0.135 e. The number of benzene rings is 16. The molecule has 0 spiro atoms. The molecule has 32 bridgehead atoms. The van der Waals surface area contributed by atoms with Crippen LogP contribution >= 0.6 is 45.3 Å². The molecule has 4 heterocycles. The SMILES string of the molecule is CCCCCCc1cc2c3ccc4cc3c(CCCCCC)cc2c2ccc(cc12)-c1cc2c(ccc3c2ccc2c5ccc6sc(cc6c5ccc32)-c2ccc3c(c2)c(CCCCCC)cc2c5ccc(cc5c(CCCCCC)cc32)-c2cc3c(ccc5c3ccc3c6ccc7sc-4cc7c6ccc53)s2)s1. The molecule has 0 aliphatic heterocycles. The number of hydrogen-bond acceptors (Lipinski definition) is 4. The number of fused-ring (bicyclic) bond motifs is 2. The molecule has 16 aromatic carbocycles. The molecule has 0 nitrogen and oxygen atoms in total. The van der Waals surface area contributed by atoms with Gasteiger partial charge in [0, 0.05) is 59.9 Å². The first-order valence-electron chi connectivity index (χ1n) is 40.7. The minimum atomic E-state index is 1.08. The molecule has 0 fully saturated rings. The Morgan fingerprint density at radius 1 is 0.157 bits per heavy atom. The van der Waals surface area contributed by atoms with Gasteiger partial charge in [-0.3, -0.25) is 0 Å². The zero-order valence-corrected chi connectivity index (χ0v) is 65.8. The summed E-state index contributed by atoms with van der Waals surface area (Å²) in [4.78, 5) is 5.35. The van der Waals surface area contributed by atoms with Crippen LogP contribution in [0.25, 0.3) is 211 Å². The fourth-order valence-corrected chi connectivity index (χ4v) is 23.8. The summed E-state index contributed by atoms with van der Waals surface area (Å²) in [6, 6.07) is 89.3. The van der Waals surface area contributed by atoms with Crippen LogP contribution in [0.3, 0.4) is 0 Å². The van der Waals surface area contributed by atoms with Crippen molar-refractivity contribution in [3.8, 4) is 41.8 Å². The van der Waals surface area contributed by atoms with Gasteiger partial charge in [0.1, 0.15) is 0 Å². The first-order valence-corrected chi connectivity index (χ1v) is 44.0. The molecule has 0 radical (unpaired) electrons. The van der Waals surface area contributed by atoms with Crippen molar-refractivity contribution in [1.29, 1.82) is 0 Å². The van der Waals surface area contributed by atoms with Gasteiger partial charge in [0.2, 0.25) is 0 Å². The number of rotatable bonds is 20. The van der Waals surface area contributed by atoms with Crippen molar-refractivity contribution >= 4 is 215 Å². The van der Waals surface area contributed by atoms with Crippen LogP contribution in [0.4, 0.5) is 0 Å². The zero-order valence-electron chi connectivity index (χ0n) is 62.6. The van der Waals surface area contributed by atoms with Crippen molar-refractivity contribution in [1.82, 2.24) is 0 Å². The van der Waals surface area contributed by atoms with Crippen LogP contribution in [0.15, 0.2) is 218 Å². The highest BCUT2D eigenvalue weighted by Crippen LogP contribution is 2.50. The molecular formula is C104H88S4. The fourth-order valence-electron chi connectivity index (χ4n) is 19.5. The summed E-state index contributed by atoms with van der Waals surface area (Å²) in [7, 11) is 0. The first-order chi connectivity index (χ1) is 53.3. The normalized spacial score (nSPS) is 12.6. The lowest BCUT2D eigenvalue weighted by molar-refractivity contribution is 0.668.